The molecule has 0 unspecified atom stereocenters. The highest BCUT2D eigenvalue weighted by Crippen LogP contribution is 2.25. The number of aromatic carboxylic acids is 1. The second kappa shape index (κ2) is 9.19. The molecule has 0 bridgehead atoms. The number of imide groups is 2. The first kappa shape index (κ1) is 21.5. The number of ether oxygens (including phenoxy) is 1. The summed E-state index contributed by atoms with van der Waals surface area (Å²) in [7, 11) is 0. The first-order valence-electron chi connectivity index (χ1n) is 9.94. The number of carbonyl (C=O) groups is 4. The molecule has 164 valence electrons. The van der Waals surface area contributed by atoms with Crippen molar-refractivity contribution in [2.24, 2.45) is 0 Å². The Bertz CT molecular complexity index is 1270. The molecule has 3 aromatic carbocycles. The third kappa shape index (κ3) is 4.64. The van der Waals surface area contributed by atoms with Crippen LogP contribution in [0.2, 0.25) is 0 Å². The van der Waals surface area contributed by atoms with Gasteiger partial charge in [0.05, 0.1) is 5.69 Å². The van der Waals surface area contributed by atoms with Crippen molar-refractivity contribution >= 4 is 35.6 Å². The fourth-order valence-corrected chi connectivity index (χ4v) is 3.30. The SMILES string of the molecule is O=C1NC(=O)N(c2ccccc2)C(=O)/C1=C/c1ccc(OCc2ccccc2)c(C(=O)O)c1. The molecule has 0 radical (unpaired) electrons. The van der Waals surface area contributed by atoms with Gasteiger partial charge in [-0.2, -0.15) is 0 Å². The second-order valence-corrected chi connectivity index (χ2v) is 7.13. The van der Waals surface area contributed by atoms with Crippen LogP contribution in [-0.4, -0.2) is 28.9 Å². The minimum atomic E-state index is -1.22. The number of rotatable bonds is 6. The zero-order valence-corrected chi connectivity index (χ0v) is 17.2. The van der Waals surface area contributed by atoms with Gasteiger partial charge in [0.15, 0.2) is 0 Å². The van der Waals surface area contributed by atoms with Gasteiger partial charge in [-0.15, -0.1) is 0 Å². The van der Waals surface area contributed by atoms with Gasteiger partial charge in [0.25, 0.3) is 11.8 Å². The summed E-state index contributed by atoms with van der Waals surface area (Å²) in [6.07, 6.45) is 1.24. The summed E-state index contributed by atoms with van der Waals surface area (Å²) in [6.45, 7) is 0.177. The fourth-order valence-electron chi connectivity index (χ4n) is 3.30. The van der Waals surface area contributed by atoms with Crippen LogP contribution >= 0.6 is 0 Å². The summed E-state index contributed by atoms with van der Waals surface area (Å²) in [6, 6.07) is 20.9. The fraction of sp³-hybridized carbons (Fsp3) is 0.0400. The van der Waals surface area contributed by atoms with E-state index in [0.717, 1.165) is 10.5 Å². The van der Waals surface area contributed by atoms with E-state index in [1.54, 1.807) is 30.3 Å². The first-order valence-corrected chi connectivity index (χ1v) is 9.94. The molecule has 0 saturated carbocycles. The van der Waals surface area contributed by atoms with E-state index in [9.17, 15) is 24.3 Å². The highest BCUT2D eigenvalue weighted by Gasteiger charge is 2.36. The number of para-hydroxylation sites is 1. The van der Waals surface area contributed by atoms with Crippen LogP contribution in [0.15, 0.2) is 84.4 Å². The standard InChI is InChI=1S/C25H18N2O6/c28-22-20(23(29)27(25(32)26-22)18-9-5-2-6-10-18)14-17-11-12-21(19(13-17)24(30)31)33-15-16-7-3-1-4-8-16/h1-14H,15H2,(H,30,31)(H,26,28,32)/b20-14+. The highest BCUT2D eigenvalue weighted by molar-refractivity contribution is 6.39. The van der Waals surface area contributed by atoms with Gasteiger partial charge in [0.1, 0.15) is 23.5 Å². The number of nitrogens with zero attached hydrogens (tertiary/aromatic N) is 1. The largest absolute Gasteiger partial charge is 0.488 e. The molecule has 0 spiro atoms. The lowest BCUT2D eigenvalue weighted by molar-refractivity contribution is -0.122. The molecule has 3 aromatic rings. The molecule has 0 aromatic heterocycles. The Morgan fingerprint density at radius 2 is 1.61 bits per heavy atom. The Hall–Kier alpha value is -4.72. The Morgan fingerprint density at radius 3 is 2.27 bits per heavy atom. The lowest BCUT2D eigenvalue weighted by Gasteiger charge is -2.26. The van der Waals surface area contributed by atoms with E-state index < -0.39 is 23.8 Å². The number of urea groups is 1. The van der Waals surface area contributed by atoms with Gasteiger partial charge in [-0.25, -0.2) is 14.5 Å². The topological polar surface area (TPSA) is 113 Å². The molecule has 1 aliphatic heterocycles. The number of carbonyl (C=O) groups excluding carboxylic acids is 3. The van der Waals surface area contributed by atoms with E-state index in [4.69, 9.17) is 4.74 Å². The Kier molecular flexibility index (Phi) is 5.99. The maximum Gasteiger partial charge on any atom is 0.339 e. The van der Waals surface area contributed by atoms with E-state index in [1.807, 2.05) is 30.3 Å². The monoisotopic (exact) mass is 442 g/mol. The zero-order chi connectivity index (χ0) is 23.4. The van der Waals surface area contributed by atoms with Gasteiger partial charge < -0.3 is 9.84 Å². The van der Waals surface area contributed by atoms with Crippen molar-refractivity contribution < 1.29 is 29.0 Å². The molecule has 8 nitrogen and oxygen atoms in total. The summed E-state index contributed by atoms with van der Waals surface area (Å²) in [5.41, 5.74) is 1.04. The number of amides is 4. The van der Waals surface area contributed by atoms with Crippen LogP contribution in [0.1, 0.15) is 21.5 Å². The molecule has 1 saturated heterocycles. The molecule has 33 heavy (non-hydrogen) atoms. The van der Waals surface area contributed by atoms with Crippen molar-refractivity contribution in [1.29, 1.82) is 0 Å². The van der Waals surface area contributed by atoms with Crippen LogP contribution in [0.5, 0.6) is 5.75 Å². The van der Waals surface area contributed by atoms with Crippen molar-refractivity contribution in [3.63, 3.8) is 0 Å². The summed E-state index contributed by atoms with van der Waals surface area (Å²) in [4.78, 5) is 50.2. The molecular weight excluding hydrogens is 424 g/mol. The van der Waals surface area contributed by atoms with Gasteiger partial charge in [-0.3, -0.25) is 14.9 Å². The molecule has 0 aliphatic carbocycles. The van der Waals surface area contributed by atoms with E-state index in [2.05, 4.69) is 5.32 Å². The zero-order valence-electron chi connectivity index (χ0n) is 17.2. The maximum atomic E-state index is 12.9. The predicted octanol–water partition coefficient (Wildman–Crippen LogP) is 3.63. The van der Waals surface area contributed by atoms with Gasteiger partial charge in [0.2, 0.25) is 0 Å². The van der Waals surface area contributed by atoms with E-state index in [1.165, 1.54) is 24.3 Å². The molecule has 4 amide bonds. The summed E-state index contributed by atoms with van der Waals surface area (Å²) in [5.74, 6) is -2.75. The van der Waals surface area contributed by atoms with Gasteiger partial charge in [0, 0.05) is 0 Å². The molecular formula is C25H18N2O6. The van der Waals surface area contributed by atoms with Crippen LogP contribution in [-0.2, 0) is 16.2 Å². The lowest BCUT2D eigenvalue weighted by atomic mass is 10.0. The molecule has 1 fully saturated rings. The number of carboxylic acids is 1. The smallest absolute Gasteiger partial charge is 0.339 e. The van der Waals surface area contributed by atoms with Gasteiger partial charge in [-0.1, -0.05) is 54.6 Å². The number of nitrogens with one attached hydrogen (secondary N) is 1. The molecule has 1 heterocycles. The average molecular weight is 442 g/mol. The lowest BCUT2D eigenvalue weighted by Crippen LogP contribution is -2.54. The number of benzene rings is 3. The number of carboxylic acid groups (broad SMARTS) is 1. The Labute approximate surface area is 188 Å². The van der Waals surface area contributed by atoms with E-state index in [-0.39, 0.29) is 23.5 Å². The minimum Gasteiger partial charge on any atom is -0.488 e. The third-order valence-electron chi connectivity index (χ3n) is 4.90. The molecule has 0 atom stereocenters. The van der Waals surface area contributed by atoms with Crippen LogP contribution in [0, 0.1) is 0 Å². The van der Waals surface area contributed by atoms with Crippen LogP contribution in [0.4, 0.5) is 10.5 Å². The predicted molar refractivity (Wildman–Crippen MR) is 120 cm³/mol. The summed E-state index contributed by atoms with van der Waals surface area (Å²) >= 11 is 0. The quantitative estimate of drug-likeness (QED) is 0.445. The molecule has 8 heteroatoms. The van der Waals surface area contributed by atoms with Crippen LogP contribution in [0.25, 0.3) is 6.08 Å². The van der Waals surface area contributed by atoms with E-state index >= 15 is 0 Å². The van der Waals surface area contributed by atoms with Crippen LogP contribution < -0.4 is 15.0 Å². The Balaban J connectivity index is 1.63. The molecule has 1 aliphatic rings. The summed E-state index contributed by atoms with van der Waals surface area (Å²) < 4.78 is 5.66. The average Bonchev–Trinajstić information content (AvgIpc) is 2.82. The second-order valence-electron chi connectivity index (χ2n) is 7.13. The van der Waals surface area contributed by atoms with Crippen molar-refractivity contribution in [1.82, 2.24) is 5.32 Å². The number of hydrogen-bond donors (Lipinski definition) is 2. The number of anilines is 1. The normalized spacial score (nSPS) is 14.8. The van der Waals surface area contributed by atoms with Crippen molar-refractivity contribution in [2.45, 2.75) is 6.61 Å². The minimum absolute atomic E-state index is 0.125. The van der Waals surface area contributed by atoms with Crippen molar-refractivity contribution in [3.8, 4) is 5.75 Å². The molecule has 2 N–H and O–H groups in total. The number of hydrogen-bond acceptors (Lipinski definition) is 5. The molecule has 4 rings (SSSR count). The van der Waals surface area contributed by atoms with Gasteiger partial charge in [-0.05, 0) is 41.5 Å². The first-order chi connectivity index (χ1) is 15.9. The number of barbiturate groups is 1. The third-order valence-corrected chi connectivity index (χ3v) is 4.90. The highest BCUT2D eigenvalue weighted by atomic mass is 16.5. The van der Waals surface area contributed by atoms with E-state index in [0.29, 0.717) is 11.3 Å². The van der Waals surface area contributed by atoms with Crippen molar-refractivity contribution in [2.75, 3.05) is 4.90 Å². The summed E-state index contributed by atoms with van der Waals surface area (Å²) in [5, 5.41) is 11.8. The Morgan fingerprint density at radius 1 is 0.939 bits per heavy atom. The van der Waals surface area contributed by atoms with Crippen molar-refractivity contribution in [3.05, 3.63) is 101 Å². The van der Waals surface area contributed by atoms with Crippen LogP contribution in [0.3, 0.4) is 0 Å². The van der Waals surface area contributed by atoms with Gasteiger partial charge >= 0.3 is 12.0 Å². The maximum absolute atomic E-state index is 12.9.